The SMILES string of the molecule is c1ccc(-c2cccc3c2oc2c(N(c4ccc(-c5ccc6c(ccc7ccccc76)c5)cc4)c4cccc(-c5ccc6sc7ccccc7c6c5)c4)cccc23)cc1. The smallest absolute Gasteiger partial charge is 0.159 e. The predicted octanol–water partition coefficient (Wildman–Crippen LogP) is 16.7. The zero-order valence-electron chi connectivity index (χ0n) is 32.0. The van der Waals surface area contributed by atoms with Crippen LogP contribution in [0.15, 0.2) is 217 Å². The second kappa shape index (κ2) is 13.6. The molecule has 0 spiro atoms. The highest BCUT2D eigenvalue weighted by Gasteiger charge is 2.21. The third-order valence-corrected chi connectivity index (χ3v) is 13.0. The molecule has 2 nitrogen and oxygen atoms in total. The molecule has 12 rings (SSSR count). The first-order chi connectivity index (χ1) is 29.2. The highest BCUT2D eigenvalue weighted by Crippen LogP contribution is 2.45. The number of nitrogens with zero attached hydrogens (tertiary/aromatic N) is 1. The summed E-state index contributed by atoms with van der Waals surface area (Å²) in [7, 11) is 0. The molecular formula is C56H35NOS. The third-order valence-electron chi connectivity index (χ3n) is 11.8. The van der Waals surface area contributed by atoms with Gasteiger partial charge in [-0.25, -0.2) is 0 Å². The lowest BCUT2D eigenvalue weighted by Gasteiger charge is -2.26. The molecule has 3 heteroatoms. The van der Waals surface area contributed by atoms with Crippen LogP contribution in [0.5, 0.6) is 0 Å². The molecule has 10 aromatic carbocycles. The van der Waals surface area contributed by atoms with E-state index in [2.05, 4.69) is 217 Å². The van der Waals surface area contributed by atoms with Crippen LogP contribution in [-0.2, 0) is 0 Å². The molecule has 0 radical (unpaired) electrons. The van der Waals surface area contributed by atoms with Crippen molar-refractivity contribution in [2.45, 2.75) is 0 Å². The van der Waals surface area contributed by atoms with E-state index < -0.39 is 0 Å². The first-order valence-corrected chi connectivity index (χ1v) is 20.9. The van der Waals surface area contributed by atoms with E-state index in [1.807, 2.05) is 11.3 Å². The zero-order chi connectivity index (χ0) is 38.9. The minimum atomic E-state index is 0.855. The van der Waals surface area contributed by atoms with Crippen molar-refractivity contribution < 1.29 is 4.42 Å². The molecule has 0 atom stereocenters. The van der Waals surface area contributed by atoms with Crippen molar-refractivity contribution in [2.24, 2.45) is 0 Å². The number of hydrogen-bond donors (Lipinski definition) is 0. The Morgan fingerprint density at radius 1 is 0.322 bits per heavy atom. The fraction of sp³-hybridized carbons (Fsp3) is 0. The molecule has 0 aliphatic rings. The van der Waals surface area contributed by atoms with E-state index in [0.717, 1.165) is 55.7 Å². The lowest BCUT2D eigenvalue weighted by Crippen LogP contribution is -2.10. The van der Waals surface area contributed by atoms with Gasteiger partial charge in [0.15, 0.2) is 5.58 Å². The molecule has 0 fully saturated rings. The second-order valence-corrected chi connectivity index (χ2v) is 16.4. The maximum absolute atomic E-state index is 7.01. The summed E-state index contributed by atoms with van der Waals surface area (Å²) in [6.07, 6.45) is 0. The molecule has 59 heavy (non-hydrogen) atoms. The number of benzene rings is 10. The molecule has 0 unspecified atom stereocenters. The van der Waals surface area contributed by atoms with Gasteiger partial charge in [0.2, 0.25) is 0 Å². The predicted molar refractivity (Wildman–Crippen MR) is 253 cm³/mol. The van der Waals surface area contributed by atoms with Crippen LogP contribution >= 0.6 is 11.3 Å². The number of fused-ring (bicyclic) bond motifs is 9. The fourth-order valence-corrected chi connectivity index (χ4v) is 10.1. The fourth-order valence-electron chi connectivity index (χ4n) is 8.98. The molecule has 0 amide bonds. The van der Waals surface area contributed by atoms with Crippen molar-refractivity contribution in [1.29, 1.82) is 0 Å². The Hall–Kier alpha value is -7.46. The highest BCUT2D eigenvalue weighted by molar-refractivity contribution is 7.25. The van der Waals surface area contributed by atoms with Gasteiger partial charge in [-0.15, -0.1) is 11.3 Å². The summed E-state index contributed by atoms with van der Waals surface area (Å²) in [6.45, 7) is 0. The van der Waals surface area contributed by atoms with Gasteiger partial charge in [0.1, 0.15) is 5.58 Å². The van der Waals surface area contributed by atoms with Crippen LogP contribution in [0.3, 0.4) is 0 Å². The summed E-state index contributed by atoms with van der Waals surface area (Å²) in [5.74, 6) is 0. The topological polar surface area (TPSA) is 16.4 Å². The first-order valence-electron chi connectivity index (χ1n) is 20.1. The molecule has 0 saturated heterocycles. The van der Waals surface area contributed by atoms with Gasteiger partial charge in [-0.05, 0) is 104 Å². The van der Waals surface area contributed by atoms with Crippen LogP contribution in [0.2, 0.25) is 0 Å². The average molecular weight is 770 g/mol. The Labute approximate surface area is 345 Å². The van der Waals surface area contributed by atoms with Crippen LogP contribution in [0.1, 0.15) is 0 Å². The van der Waals surface area contributed by atoms with E-state index in [1.165, 1.54) is 58.4 Å². The van der Waals surface area contributed by atoms with E-state index in [1.54, 1.807) is 0 Å². The van der Waals surface area contributed by atoms with E-state index in [4.69, 9.17) is 4.42 Å². The van der Waals surface area contributed by atoms with E-state index in [-0.39, 0.29) is 0 Å². The van der Waals surface area contributed by atoms with Gasteiger partial charge >= 0.3 is 0 Å². The van der Waals surface area contributed by atoms with Gasteiger partial charge in [-0.3, -0.25) is 0 Å². The van der Waals surface area contributed by atoms with Gasteiger partial charge in [0, 0.05) is 47.9 Å². The van der Waals surface area contributed by atoms with Crippen LogP contribution in [0.25, 0.3) is 97.0 Å². The van der Waals surface area contributed by atoms with Crippen LogP contribution in [-0.4, -0.2) is 0 Å². The Kier molecular flexibility index (Phi) is 7.75. The van der Waals surface area contributed by atoms with Crippen LogP contribution < -0.4 is 4.90 Å². The second-order valence-electron chi connectivity index (χ2n) is 15.3. The van der Waals surface area contributed by atoms with Gasteiger partial charge < -0.3 is 9.32 Å². The summed E-state index contributed by atoms with van der Waals surface area (Å²) in [6, 6.07) is 76.9. The molecule has 2 heterocycles. The maximum Gasteiger partial charge on any atom is 0.159 e. The van der Waals surface area contributed by atoms with E-state index >= 15 is 0 Å². The number of para-hydroxylation sites is 2. The lowest BCUT2D eigenvalue weighted by atomic mass is 9.97. The van der Waals surface area contributed by atoms with Gasteiger partial charge in [-0.2, -0.15) is 0 Å². The number of hydrogen-bond acceptors (Lipinski definition) is 3. The van der Waals surface area contributed by atoms with Gasteiger partial charge in [0.05, 0.1) is 5.69 Å². The molecule has 2 aromatic heterocycles. The zero-order valence-corrected chi connectivity index (χ0v) is 32.8. The number of thiophene rings is 1. The number of furan rings is 1. The maximum atomic E-state index is 7.01. The van der Waals surface area contributed by atoms with Crippen molar-refractivity contribution in [3.05, 3.63) is 212 Å². The Morgan fingerprint density at radius 2 is 0.949 bits per heavy atom. The molecule has 12 aromatic rings. The summed E-state index contributed by atoms with van der Waals surface area (Å²) in [5, 5.41) is 9.85. The van der Waals surface area contributed by atoms with Crippen molar-refractivity contribution in [3.63, 3.8) is 0 Å². The van der Waals surface area contributed by atoms with E-state index in [0.29, 0.717) is 0 Å². The minimum Gasteiger partial charge on any atom is -0.453 e. The molecule has 0 bridgehead atoms. The quantitative estimate of drug-likeness (QED) is 0.157. The summed E-state index contributed by atoms with van der Waals surface area (Å²) in [5.41, 5.74) is 11.8. The Morgan fingerprint density at radius 3 is 1.85 bits per heavy atom. The molecule has 0 aliphatic heterocycles. The minimum absolute atomic E-state index is 0.855. The van der Waals surface area contributed by atoms with Gasteiger partial charge in [-0.1, -0.05) is 158 Å². The average Bonchev–Trinajstić information content (AvgIpc) is 3.88. The first kappa shape index (κ1) is 33.7. The van der Waals surface area contributed by atoms with Crippen molar-refractivity contribution in [1.82, 2.24) is 0 Å². The summed E-state index contributed by atoms with van der Waals surface area (Å²) >= 11 is 1.85. The van der Waals surface area contributed by atoms with Crippen LogP contribution in [0.4, 0.5) is 17.1 Å². The Bertz CT molecular complexity index is 3560. The van der Waals surface area contributed by atoms with Crippen molar-refractivity contribution >= 4 is 92.1 Å². The summed E-state index contributed by atoms with van der Waals surface area (Å²) < 4.78 is 9.63. The highest BCUT2D eigenvalue weighted by atomic mass is 32.1. The molecule has 0 N–H and O–H groups in total. The van der Waals surface area contributed by atoms with Gasteiger partial charge in [0.25, 0.3) is 0 Å². The van der Waals surface area contributed by atoms with Crippen LogP contribution in [0, 0.1) is 0 Å². The largest absolute Gasteiger partial charge is 0.453 e. The monoisotopic (exact) mass is 769 g/mol. The molecule has 276 valence electrons. The Balaban J connectivity index is 1.02. The molecule has 0 saturated carbocycles. The number of anilines is 3. The lowest BCUT2D eigenvalue weighted by molar-refractivity contribution is 0.670. The normalized spacial score (nSPS) is 11.7. The standard InChI is InChI=1S/C56H35NOS/c1-2-11-37(12-3-1)47-18-9-19-49-50-20-10-21-52(56(50)58-55(47)49)57(44-15-8-14-39(34-44)41-28-32-54-51(35-41)48-17-6-7-22-53(48)59-54)43-29-25-36(26-30-43)40-27-31-46-42(33-40)24-23-38-13-4-5-16-45(38)46/h1-35H. The molecular weight excluding hydrogens is 735 g/mol. The summed E-state index contributed by atoms with van der Waals surface area (Å²) in [4.78, 5) is 2.35. The van der Waals surface area contributed by atoms with Crippen molar-refractivity contribution in [2.75, 3.05) is 4.90 Å². The number of rotatable bonds is 6. The van der Waals surface area contributed by atoms with E-state index in [9.17, 15) is 0 Å². The molecule has 0 aliphatic carbocycles. The third kappa shape index (κ3) is 5.62. The van der Waals surface area contributed by atoms with Crippen molar-refractivity contribution in [3.8, 4) is 33.4 Å².